The van der Waals surface area contributed by atoms with E-state index < -0.39 is 10.0 Å². The third-order valence-corrected chi connectivity index (χ3v) is 5.65. The maximum absolute atomic E-state index is 12.8. The molecule has 1 saturated heterocycles. The molecular weight excluding hydrogens is 262 g/mol. The van der Waals surface area contributed by atoms with Crippen LogP contribution in [0.3, 0.4) is 0 Å². The Balaban J connectivity index is 2.45. The van der Waals surface area contributed by atoms with Crippen LogP contribution in [0.1, 0.15) is 33.6 Å². The van der Waals surface area contributed by atoms with Crippen molar-refractivity contribution in [3.8, 4) is 0 Å². The van der Waals surface area contributed by atoms with Crippen LogP contribution in [-0.2, 0) is 10.0 Å². The Morgan fingerprint density at radius 1 is 1.47 bits per heavy atom. The monoisotopic (exact) mass is 283 g/mol. The van der Waals surface area contributed by atoms with Gasteiger partial charge in [-0.3, -0.25) is 0 Å². The molecule has 0 aliphatic carbocycles. The number of pyridine rings is 1. The van der Waals surface area contributed by atoms with E-state index in [9.17, 15) is 8.42 Å². The van der Waals surface area contributed by atoms with E-state index in [1.165, 1.54) is 0 Å². The van der Waals surface area contributed by atoms with Gasteiger partial charge in [-0.15, -0.1) is 0 Å². The zero-order valence-corrected chi connectivity index (χ0v) is 12.5. The van der Waals surface area contributed by atoms with E-state index in [1.54, 1.807) is 22.6 Å². The van der Waals surface area contributed by atoms with Gasteiger partial charge in [0.25, 0.3) is 0 Å². The van der Waals surface area contributed by atoms with Crippen LogP contribution in [0.5, 0.6) is 0 Å². The van der Waals surface area contributed by atoms with Crippen LogP contribution < -0.4 is 5.32 Å². The number of aromatic nitrogens is 1. The van der Waals surface area contributed by atoms with Crippen molar-refractivity contribution in [1.29, 1.82) is 0 Å². The molecule has 0 saturated carbocycles. The Bertz CT molecular complexity index is 555. The molecule has 1 N–H and O–H groups in total. The second-order valence-electron chi connectivity index (χ2n) is 5.37. The minimum absolute atomic E-state index is 0.270. The van der Waals surface area contributed by atoms with Crippen molar-refractivity contribution in [1.82, 2.24) is 9.29 Å². The number of hydrogen-bond acceptors (Lipinski definition) is 4. The molecule has 1 aliphatic rings. The number of anilines is 1. The Hall–Kier alpha value is -1.14. The van der Waals surface area contributed by atoms with Crippen LogP contribution in [0, 0.1) is 0 Å². The summed E-state index contributed by atoms with van der Waals surface area (Å²) in [5.74, 6) is 0.438. The zero-order chi connectivity index (χ0) is 14.1. The summed E-state index contributed by atoms with van der Waals surface area (Å²) in [6, 6.07) is 3.28. The van der Waals surface area contributed by atoms with Gasteiger partial charge in [-0.05, 0) is 45.7 Å². The molecule has 2 rings (SSSR count). The lowest BCUT2D eigenvalue weighted by Gasteiger charge is -2.30. The second kappa shape index (κ2) is 5.09. The number of hydrogen-bond donors (Lipinski definition) is 1. The summed E-state index contributed by atoms with van der Waals surface area (Å²) in [5, 5.41) is 3.02. The Morgan fingerprint density at radius 2 is 2.21 bits per heavy atom. The maximum Gasteiger partial charge on any atom is 0.247 e. The summed E-state index contributed by atoms with van der Waals surface area (Å²) >= 11 is 0. The van der Waals surface area contributed by atoms with Gasteiger partial charge in [0.2, 0.25) is 10.0 Å². The summed E-state index contributed by atoms with van der Waals surface area (Å²) in [5.41, 5.74) is -0.321. The largest absolute Gasteiger partial charge is 0.369 e. The molecule has 1 aromatic rings. The fourth-order valence-electron chi connectivity index (χ4n) is 2.55. The SMILES string of the molecule is CCNc1ncccc1S(=O)(=O)N1CCCC1(C)C. The normalized spacial score (nSPS) is 19.5. The van der Waals surface area contributed by atoms with Gasteiger partial charge in [0, 0.05) is 24.8 Å². The fraction of sp³-hybridized carbons (Fsp3) is 0.615. The third-order valence-electron chi connectivity index (χ3n) is 3.51. The summed E-state index contributed by atoms with van der Waals surface area (Å²) in [6.07, 6.45) is 3.40. The van der Waals surface area contributed by atoms with Crippen LogP contribution in [-0.4, -0.2) is 36.3 Å². The highest BCUT2D eigenvalue weighted by Gasteiger charge is 2.41. The Morgan fingerprint density at radius 3 is 2.79 bits per heavy atom. The standard InChI is InChI=1S/C13H21N3O2S/c1-4-14-12-11(7-5-9-15-12)19(17,18)16-10-6-8-13(16,2)3/h5,7,9H,4,6,8,10H2,1-3H3,(H,14,15). The fourth-order valence-corrected chi connectivity index (χ4v) is 4.51. The number of rotatable bonds is 4. The molecular formula is C13H21N3O2S. The van der Waals surface area contributed by atoms with Gasteiger partial charge >= 0.3 is 0 Å². The van der Waals surface area contributed by atoms with E-state index in [1.807, 2.05) is 20.8 Å². The topological polar surface area (TPSA) is 62.3 Å². The zero-order valence-electron chi connectivity index (χ0n) is 11.7. The predicted molar refractivity (Wildman–Crippen MR) is 75.6 cm³/mol. The molecule has 6 heteroatoms. The van der Waals surface area contributed by atoms with E-state index in [2.05, 4.69) is 10.3 Å². The van der Waals surface area contributed by atoms with Gasteiger partial charge < -0.3 is 5.32 Å². The van der Waals surface area contributed by atoms with E-state index >= 15 is 0 Å². The first-order chi connectivity index (χ1) is 8.89. The Kier molecular flexibility index (Phi) is 3.82. The van der Waals surface area contributed by atoms with Crippen LogP contribution in [0.2, 0.25) is 0 Å². The second-order valence-corrected chi connectivity index (χ2v) is 7.20. The first-order valence-electron chi connectivity index (χ1n) is 6.61. The van der Waals surface area contributed by atoms with Crippen molar-refractivity contribution in [3.05, 3.63) is 18.3 Å². The first kappa shape index (κ1) is 14.3. The van der Waals surface area contributed by atoms with Gasteiger partial charge in [0.15, 0.2) is 0 Å². The number of nitrogens with one attached hydrogen (secondary N) is 1. The smallest absolute Gasteiger partial charge is 0.247 e. The molecule has 1 aromatic heterocycles. The highest BCUT2D eigenvalue weighted by molar-refractivity contribution is 7.89. The van der Waals surface area contributed by atoms with Crippen molar-refractivity contribution < 1.29 is 8.42 Å². The van der Waals surface area contributed by atoms with Crippen LogP contribution in [0.4, 0.5) is 5.82 Å². The number of nitrogens with zero attached hydrogens (tertiary/aromatic N) is 2. The van der Waals surface area contributed by atoms with Crippen molar-refractivity contribution in [3.63, 3.8) is 0 Å². The van der Waals surface area contributed by atoms with E-state index in [0.717, 1.165) is 12.8 Å². The molecule has 5 nitrogen and oxygen atoms in total. The molecule has 106 valence electrons. The molecule has 1 fully saturated rings. The lowest BCUT2D eigenvalue weighted by atomic mass is 10.0. The van der Waals surface area contributed by atoms with Crippen molar-refractivity contribution in [2.75, 3.05) is 18.4 Å². The summed E-state index contributed by atoms with van der Waals surface area (Å²) in [6.45, 7) is 7.09. The Labute approximate surface area is 115 Å². The maximum atomic E-state index is 12.8. The lowest BCUT2D eigenvalue weighted by Crippen LogP contribution is -2.42. The highest BCUT2D eigenvalue weighted by atomic mass is 32.2. The molecule has 19 heavy (non-hydrogen) atoms. The minimum atomic E-state index is -3.49. The van der Waals surface area contributed by atoms with Gasteiger partial charge in [-0.2, -0.15) is 4.31 Å². The molecule has 0 amide bonds. The van der Waals surface area contributed by atoms with E-state index in [4.69, 9.17) is 0 Å². The van der Waals surface area contributed by atoms with Gasteiger partial charge in [-0.25, -0.2) is 13.4 Å². The first-order valence-corrected chi connectivity index (χ1v) is 8.05. The molecule has 0 radical (unpaired) electrons. The molecule has 0 unspecified atom stereocenters. The summed E-state index contributed by atoms with van der Waals surface area (Å²) in [4.78, 5) is 4.41. The minimum Gasteiger partial charge on any atom is -0.369 e. The average Bonchev–Trinajstić information content (AvgIpc) is 2.70. The van der Waals surface area contributed by atoms with Gasteiger partial charge in [0.05, 0.1) is 0 Å². The van der Waals surface area contributed by atoms with Crippen molar-refractivity contribution in [2.45, 2.75) is 44.0 Å². The van der Waals surface area contributed by atoms with Crippen LogP contribution >= 0.6 is 0 Å². The lowest BCUT2D eigenvalue weighted by molar-refractivity contribution is 0.292. The average molecular weight is 283 g/mol. The molecule has 1 aliphatic heterocycles. The highest BCUT2D eigenvalue weighted by Crippen LogP contribution is 2.35. The quantitative estimate of drug-likeness (QED) is 0.919. The van der Waals surface area contributed by atoms with Gasteiger partial charge in [-0.1, -0.05) is 0 Å². The van der Waals surface area contributed by atoms with Crippen LogP contribution in [0.25, 0.3) is 0 Å². The molecule has 0 aromatic carbocycles. The van der Waals surface area contributed by atoms with E-state index in [-0.39, 0.29) is 10.4 Å². The molecule has 2 heterocycles. The van der Waals surface area contributed by atoms with Crippen LogP contribution in [0.15, 0.2) is 23.2 Å². The molecule has 0 bridgehead atoms. The third kappa shape index (κ3) is 2.60. The number of sulfonamides is 1. The van der Waals surface area contributed by atoms with E-state index in [0.29, 0.717) is 18.9 Å². The summed E-state index contributed by atoms with van der Waals surface area (Å²) < 4.78 is 27.2. The molecule has 0 atom stereocenters. The van der Waals surface area contributed by atoms with Crippen molar-refractivity contribution >= 4 is 15.8 Å². The van der Waals surface area contributed by atoms with Crippen molar-refractivity contribution in [2.24, 2.45) is 0 Å². The summed E-state index contributed by atoms with van der Waals surface area (Å²) in [7, 11) is -3.49. The van der Waals surface area contributed by atoms with Gasteiger partial charge in [0.1, 0.15) is 10.7 Å². The molecule has 0 spiro atoms. The predicted octanol–water partition coefficient (Wildman–Crippen LogP) is 2.08.